The minimum Gasteiger partial charge on any atom is -0.423 e. The molecule has 1 aliphatic rings. The second-order valence-electron chi connectivity index (χ2n) is 2.80. The molecule has 0 fully saturated rings. The standard InChI is InChI=1S/C8H8BNO2/c11-9(12)8-2-1-6-4-10-5-7(6)3-8/h1-3,5,11-12H,4H2. The molecule has 0 atom stereocenters. The Balaban J connectivity index is 2.44. The van der Waals surface area contributed by atoms with Crippen LogP contribution in [0.5, 0.6) is 0 Å². The lowest BCUT2D eigenvalue weighted by atomic mass is 9.79. The summed E-state index contributed by atoms with van der Waals surface area (Å²) in [5, 5.41) is 17.7. The molecule has 0 radical (unpaired) electrons. The monoisotopic (exact) mass is 161 g/mol. The van der Waals surface area contributed by atoms with Crippen molar-refractivity contribution in [3.63, 3.8) is 0 Å². The summed E-state index contributed by atoms with van der Waals surface area (Å²) in [6.45, 7) is 0.705. The average Bonchev–Trinajstić information content (AvgIpc) is 2.49. The van der Waals surface area contributed by atoms with Crippen LogP contribution in [0.25, 0.3) is 0 Å². The molecule has 0 aliphatic carbocycles. The van der Waals surface area contributed by atoms with Crippen LogP contribution >= 0.6 is 0 Å². The van der Waals surface area contributed by atoms with Crippen LogP contribution in [0.3, 0.4) is 0 Å². The van der Waals surface area contributed by atoms with Crippen molar-refractivity contribution >= 4 is 18.8 Å². The van der Waals surface area contributed by atoms with Crippen molar-refractivity contribution in [2.45, 2.75) is 6.54 Å². The molecule has 60 valence electrons. The second kappa shape index (κ2) is 2.73. The Labute approximate surface area is 70.5 Å². The molecule has 0 saturated heterocycles. The maximum absolute atomic E-state index is 8.87. The summed E-state index contributed by atoms with van der Waals surface area (Å²) >= 11 is 0. The summed E-state index contributed by atoms with van der Waals surface area (Å²) in [5.41, 5.74) is 2.64. The van der Waals surface area contributed by atoms with Crippen molar-refractivity contribution in [3.05, 3.63) is 29.3 Å². The number of fused-ring (bicyclic) bond motifs is 1. The van der Waals surface area contributed by atoms with E-state index in [1.807, 2.05) is 6.07 Å². The number of hydrogen-bond donors (Lipinski definition) is 2. The number of rotatable bonds is 1. The zero-order chi connectivity index (χ0) is 8.55. The van der Waals surface area contributed by atoms with Gasteiger partial charge in [0, 0.05) is 6.21 Å². The summed E-state index contributed by atoms with van der Waals surface area (Å²) in [6.07, 6.45) is 1.75. The van der Waals surface area contributed by atoms with E-state index in [0.29, 0.717) is 12.0 Å². The highest BCUT2D eigenvalue weighted by Gasteiger charge is 2.13. The summed E-state index contributed by atoms with van der Waals surface area (Å²) in [6, 6.07) is 5.33. The first-order chi connectivity index (χ1) is 5.77. The van der Waals surface area contributed by atoms with Gasteiger partial charge in [-0.15, -0.1) is 0 Å². The highest BCUT2D eigenvalue weighted by molar-refractivity contribution is 6.58. The molecule has 1 aliphatic heterocycles. The topological polar surface area (TPSA) is 52.8 Å². The van der Waals surface area contributed by atoms with E-state index in [2.05, 4.69) is 4.99 Å². The third-order valence-corrected chi connectivity index (χ3v) is 1.96. The van der Waals surface area contributed by atoms with Gasteiger partial charge in [-0.2, -0.15) is 0 Å². The van der Waals surface area contributed by atoms with Crippen LogP contribution in [-0.2, 0) is 6.54 Å². The van der Waals surface area contributed by atoms with Gasteiger partial charge in [0.15, 0.2) is 0 Å². The van der Waals surface area contributed by atoms with Crippen LogP contribution in [0.2, 0.25) is 0 Å². The first kappa shape index (κ1) is 7.52. The third-order valence-electron chi connectivity index (χ3n) is 1.96. The van der Waals surface area contributed by atoms with Crippen molar-refractivity contribution in [1.82, 2.24) is 0 Å². The zero-order valence-corrected chi connectivity index (χ0v) is 6.44. The van der Waals surface area contributed by atoms with E-state index in [9.17, 15) is 0 Å². The third kappa shape index (κ3) is 1.15. The largest absolute Gasteiger partial charge is 0.488 e. The van der Waals surface area contributed by atoms with Crippen molar-refractivity contribution in [3.8, 4) is 0 Å². The predicted octanol–water partition coefficient (Wildman–Crippen LogP) is -0.701. The number of aliphatic imine (C=N–C) groups is 1. The Hall–Kier alpha value is -1.13. The van der Waals surface area contributed by atoms with Crippen LogP contribution < -0.4 is 5.46 Å². The van der Waals surface area contributed by atoms with Gasteiger partial charge in [0.2, 0.25) is 0 Å². The molecule has 4 heteroatoms. The van der Waals surface area contributed by atoms with E-state index in [0.717, 1.165) is 11.1 Å². The molecule has 1 aromatic rings. The summed E-state index contributed by atoms with van der Waals surface area (Å²) in [4.78, 5) is 4.06. The van der Waals surface area contributed by atoms with Gasteiger partial charge in [0.05, 0.1) is 6.54 Å². The van der Waals surface area contributed by atoms with E-state index in [4.69, 9.17) is 10.0 Å². The quantitative estimate of drug-likeness (QED) is 0.535. The molecule has 0 spiro atoms. The van der Waals surface area contributed by atoms with Gasteiger partial charge in [-0.05, 0) is 16.6 Å². The molecule has 3 nitrogen and oxygen atoms in total. The predicted molar refractivity (Wildman–Crippen MR) is 47.6 cm³/mol. The van der Waals surface area contributed by atoms with Crippen molar-refractivity contribution in [2.75, 3.05) is 0 Å². The van der Waals surface area contributed by atoms with E-state index >= 15 is 0 Å². The highest BCUT2D eigenvalue weighted by atomic mass is 16.4. The molecule has 1 heterocycles. The Morgan fingerprint density at radius 1 is 1.33 bits per heavy atom. The van der Waals surface area contributed by atoms with Gasteiger partial charge >= 0.3 is 7.12 Å². The van der Waals surface area contributed by atoms with E-state index in [1.165, 1.54) is 0 Å². The van der Waals surface area contributed by atoms with Crippen molar-refractivity contribution in [1.29, 1.82) is 0 Å². The zero-order valence-electron chi connectivity index (χ0n) is 6.44. The maximum Gasteiger partial charge on any atom is 0.488 e. The fraction of sp³-hybridized carbons (Fsp3) is 0.125. The van der Waals surface area contributed by atoms with Crippen LogP contribution in [0.4, 0.5) is 0 Å². The van der Waals surface area contributed by atoms with Gasteiger partial charge in [0.1, 0.15) is 0 Å². The van der Waals surface area contributed by atoms with Crippen LogP contribution in [0.15, 0.2) is 23.2 Å². The van der Waals surface area contributed by atoms with Gasteiger partial charge < -0.3 is 10.0 Å². The molecule has 0 aromatic heterocycles. The molecular formula is C8H8BNO2. The Morgan fingerprint density at radius 2 is 2.17 bits per heavy atom. The Morgan fingerprint density at radius 3 is 2.92 bits per heavy atom. The van der Waals surface area contributed by atoms with E-state index in [-0.39, 0.29) is 0 Å². The molecule has 0 saturated carbocycles. The normalized spacial score (nSPS) is 13.2. The second-order valence-corrected chi connectivity index (χ2v) is 2.80. The average molecular weight is 161 g/mol. The Bertz CT molecular complexity index is 336. The number of benzene rings is 1. The summed E-state index contributed by atoms with van der Waals surface area (Å²) in [7, 11) is -1.38. The van der Waals surface area contributed by atoms with Crippen LogP contribution in [0.1, 0.15) is 11.1 Å². The smallest absolute Gasteiger partial charge is 0.423 e. The fourth-order valence-corrected chi connectivity index (χ4v) is 1.28. The number of hydrogen-bond acceptors (Lipinski definition) is 3. The highest BCUT2D eigenvalue weighted by Crippen LogP contribution is 2.11. The van der Waals surface area contributed by atoms with Crippen LogP contribution in [0, 0.1) is 0 Å². The minimum atomic E-state index is -1.38. The molecule has 2 rings (SSSR count). The van der Waals surface area contributed by atoms with Gasteiger partial charge in [0.25, 0.3) is 0 Å². The molecule has 12 heavy (non-hydrogen) atoms. The lowest BCUT2D eigenvalue weighted by Crippen LogP contribution is -2.30. The number of nitrogens with zero attached hydrogens (tertiary/aromatic N) is 1. The fourth-order valence-electron chi connectivity index (χ4n) is 1.28. The Kier molecular flexibility index (Phi) is 1.71. The molecule has 0 bridgehead atoms. The molecule has 2 N–H and O–H groups in total. The SMILES string of the molecule is OB(O)c1ccc2c(c1)C=NC2. The van der Waals surface area contributed by atoms with Gasteiger partial charge in [-0.25, -0.2) is 0 Å². The van der Waals surface area contributed by atoms with E-state index < -0.39 is 7.12 Å². The minimum absolute atomic E-state index is 0.516. The lowest BCUT2D eigenvalue weighted by molar-refractivity contribution is 0.426. The lowest BCUT2D eigenvalue weighted by Gasteiger charge is -2.01. The molecule has 0 unspecified atom stereocenters. The van der Waals surface area contributed by atoms with Gasteiger partial charge in [-0.1, -0.05) is 18.2 Å². The van der Waals surface area contributed by atoms with Crippen LogP contribution in [-0.4, -0.2) is 23.4 Å². The van der Waals surface area contributed by atoms with Crippen molar-refractivity contribution in [2.24, 2.45) is 4.99 Å². The van der Waals surface area contributed by atoms with Gasteiger partial charge in [-0.3, -0.25) is 4.99 Å². The molecular weight excluding hydrogens is 153 g/mol. The van der Waals surface area contributed by atoms with Crippen molar-refractivity contribution < 1.29 is 10.0 Å². The summed E-state index contributed by atoms with van der Waals surface area (Å²) < 4.78 is 0. The summed E-state index contributed by atoms with van der Waals surface area (Å²) in [5.74, 6) is 0. The molecule has 1 aromatic carbocycles. The maximum atomic E-state index is 8.87. The first-order valence-corrected chi connectivity index (χ1v) is 3.76. The first-order valence-electron chi connectivity index (χ1n) is 3.76. The van der Waals surface area contributed by atoms with E-state index in [1.54, 1.807) is 18.3 Å². The molecule has 0 amide bonds.